The zero-order valence-corrected chi connectivity index (χ0v) is 18.4. The first-order chi connectivity index (χ1) is 16.0. The monoisotopic (exact) mass is 447 g/mol. The Hall–Kier alpha value is -3.66. The number of aliphatic hydroxyl groups is 1. The predicted octanol–water partition coefficient (Wildman–Crippen LogP) is 2.38. The van der Waals surface area contributed by atoms with Gasteiger partial charge in [0.05, 0.1) is 24.9 Å². The van der Waals surface area contributed by atoms with Crippen molar-refractivity contribution in [2.75, 3.05) is 18.5 Å². The number of rotatable bonds is 4. The van der Waals surface area contributed by atoms with Crippen LogP contribution in [0.2, 0.25) is 0 Å². The normalized spacial score (nSPS) is 19.8. The van der Waals surface area contributed by atoms with E-state index in [1.54, 1.807) is 10.7 Å². The molecule has 5 heterocycles. The summed E-state index contributed by atoms with van der Waals surface area (Å²) in [6, 6.07) is 3.90. The van der Waals surface area contributed by atoms with E-state index in [-0.39, 0.29) is 18.0 Å². The Morgan fingerprint density at radius 3 is 2.97 bits per heavy atom. The Morgan fingerprint density at radius 2 is 2.21 bits per heavy atom. The molecule has 0 aromatic carbocycles. The first-order valence-electron chi connectivity index (χ1n) is 11.3. The lowest BCUT2D eigenvalue weighted by atomic mass is 9.89. The number of hydrogen-bond donors (Lipinski definition) is 3. The number of nitrogens with one attached hydrogen (secondary N) is 2. The Bertz CT molecular complexity index is 1390. The molecule has 10 nitrogen and oxygen atoms in total. The number of carbonyl (C=O) groups is 1. The summed E-state index contributed by atoms with van der Waals surface area (Å²) in [6.07, 6.45) is 6.30. The molecule has 6 rings (SSSR count). The first-order valence-corrected chi connectivity index (χ1v) is 11.3. The average molecular weight is 447 g/mol. The van der Waals surface area contributed by atoms with Crippen molar-refractivity contribution in [1.82, 2.24) is 29.5 Å². The van der Waals surface area contributed by atoms with Crippen LogP contribution in [0.4, 0.5) is 5.82 Å². The minimum Gasteiger partial charge on any atom is -0.486 e. The van der Waals surface area contributed by atoms with Gasteiger partial charge in [0.15, 0.2) is 17.2 Å². The third-order valence-corrected chi connectivity index (χ3v) is 6.44. The second kappa shape index (κ2) is 7.45. The molecule has 170 valence electrons. The number of ether oxygens (including phenoxy) is 1. The second-order valence-electron chi connectivity index (χ2n) is 8.85. The number of aliphatic hydroxyl groups excluding tert-OH is 1. The summed E-state index contributed by atoms with van der Waals surface area (Å²) >= 11 is 0. The van der Waals surface area contributed by atoms with Crippen molar-refractivity contribution >= 4 is 28.4 Å². The number of nitrogens with zero attached hydrogens (tertiary/aromatic N) is 5. The Balaban J connectivity index is 1.55. The fourth-order valence-electron chi connectivity index (χ4n) is 4.50. The number of hydrogen-bond acceptors (Lipinski definition) is 7. The van der Waals surface area contributed by atoms with Crippen LogP contribution in [0.1, 0.15) is 43.1 Å². The smallest absolute Gasteiger partial charge is 0.257 e. The maximum atomic E-state index is 13.0. The van der Waals surface area contributed by atoms with Crippen LogP contribution < -0.4 is 15.4 Å². The zero-order valence-electron chi connectivity index (χ0n) is 18.4. The average Bonchev–Trinajstić information content (AvgIpc) is 3.43. The maximum Gasteiger partial charge on any atom is 0.257 e. The third-order valence-electron chi connectivity index (χ3n) is 6.44. The zero-order chi connectivity index (χ0) is 22.7. The van der Waals surface area contributed by atoms with Crippen LogP contribution in [0.15, 0.2) is 30.7 Å². The Morgan fingerprint density at radius 1 is 1.33 bits per heavy atom. The van der Waals surface area contributed by atoms with Gasteiger partial charge in [-0.05, 0) is 38.8 Å². The Kier molecular flexibility index (Phi) is 4.51. The lowest BCUT2D eigenvalue weighted by molar-refractivity contribution is 0.0448. The lowest BCUT2D eigenvalue weighted by Crippen LogP contribution is -2.50. The largest absolute Gasteiger partial charge is 0.486 e. The standard InChI is InChI=1S/C23H25N7O3/c1-12(2)29-11-15(13-4-3-7-24-20(13)29)18-19-22(25-8-9-33-19)30-21(28-18)14(10-26-30)23(32)27-16-5-6-17(16)31/h3-4,7,10-12,16-17,25,31H,5-6,8-9H2,1-2H3,(H,27,32)/t16?,17-/m1/s1. The van der Waals surface area contributed by atoms with Gasteiger partial charge in [-0.2, -0.15) is 9.61 Å². The van der Waals surface area contributed by atoms with Crippen LogP contribution in [0.25, 0.3) is 27.9 Å². The molecule has 2 atom stereocenters. The van der Waals surface area contributed by atoms with E-state index in [4.69, 9.17) is 9.72 Å². The molecule has 3 N–H and O–H groups in total. The minimum absolute atomic E-state index is 0.208. The van der Waals surface area contributed by atoms with Crippen LogP contribution >= 0.6 is 0 Å². The van der Waals surface area contributed by atoms with Gasteiger partial charge in [-0.15, -0.1) is 0 Å². The van der Waals surface area contributed by atoms with Crippen LogP contribution in [-0.4, -0.2) is 60.5 Å². The van der Waals surface area contributed by atoms with Crippen molar-refractivity contribution in [2.24, 2.45) is 0 Å². The van der Waals surface area contributed by atoms with E-state index in [9.17, 15) is 9.90 Å². The van der Waals surface area contributed by atoms with Gasteiger partial charge in [0, 0.05) is 29.4 Å². The molecule has 0 bridgehead atoms. The van der Waals surface area contributed by atoms with Crippen molar-refractivity contribution in [3.8, 4) is 17.0 Å². The van der Waals surface area contributed by atoms with E-state index in [0.717, 1.165) is 23.0 Å². The van der Waals surface area contributed by atoms with Gasteiger partial charge < -0.3 is 25.0 Å². The van der Waals surface area contributed by atoms with Crippen LogP contribution in [-0.2, 0) is 0 Å². The van der Waals surface area contributed by atoms with Gasteiger partial charge in [0.25, 0.3) is 5.91 Å². The van der Waals surface area contributed by atoms with Gasteiger partial charge >= 0.3 is 0 Å². The number of carbonyl (C=O) groups excluding carboxylic acids is 1. The van der Waals surface area contributed by atoms with Crippen molar-refractivity contribution in [3.63, 3.8) is 0 Å². The molecule has 1 aliphatic heterocycles. The summed E-state index contributed by atoms with van der Waals surface area (Å²) in [6.45, 7) is 5.34. The second-order valence-corrected chi connectivity index (χ2v) is 8.85. The first kappa shape index (κ1) is 20.0. The molecule has 0 spiro atoms. The molecule has 10 heteroatoms. The molecule has 33 heavy (non-hydrogen) atoms. The minimum atomic E-state index is -0.503. The van der Waals surface area contributed by atoms with E-state index in [1.165, 1.54) is 6.20 Å². The number of anilines is 1. The molecule has 2 aliphatic rings. The molecule has 1 fully saturated rings. The van der Waals surface area contributed by atoms with Crippen molar-refractivity contribution < 1.29 is 14.6 Å². The van der Waals surface area contributed by atoms with Gasteiger partial charge in [-0.25, -0.2) is 9.97 Å². The molecule has 1 unspecified atom stereocenters. The summed E-state index contributed by atoms with van der Waals surface area (Å²) in [7, 11) is 0. The summed E-state index contributed by atoms with van der Waals surface area (Å²) in [5, 5.41) is 21.5. The molecule has 0 saturated heterocycles. The quantitative estimate of drug-likeness (QED) is 0.439. The number of pyridine rings is 1. The molecule has 1 saturated carbocycles. The van der Waals surface area contributed by atoms with E-state index < -0.39 is 6.10 Å². The maximum absolute atomic E-state index is 13.0. The van der Waals surface area contributed by atoms with E-state index in [2.05, 4.69) is 39.1 Å². The summed E-state index contributed by atoms with van der Waals surface area (Å²) in [5.74, 6) is 0.971. The summed E-state index contributed by atoms with van der Waals surface area (Å²) in [5.41, 5.74) is 3.18. The summed E-state index contributed by atoms with van der Waals surface area (Å²) < 4.78 is 9.79. The SMILES string of the molecule is CC(C)n1cc(-c2nc3c(C(=O)NC4CC[C@H]4O)cnn3c3c2OCCN3)c2cccnc21. The predicted molar refractivity (Wildman–Crippen MR) is 123 cm³/mol. The van der Waals surface area contributed by atoms with Crippen molar-refractivity contribution in [3.05, 3.63) is 36.3 Å². The number of fused-ring (bicyclic) bond motifs is 4. The highest BCUT2D eigenvalue weighted by Gasteiger charge is 2.32. The summed E-state index contributed by atoms with van der Waals surface area (Å²) in [4.78, 5) is 22.5. The third kappa shape index (κ3) is 3.05. The van der Waals surface area contributed by atoms with Crippen molar-refractivity contribution in [1.29, 1.82) is 0 Å². The topological polar surface area (TPSA) is 119 Å². The molecule has 4 aromatic rings. The highest BCUT2D eigenvalue weighted by atomic mass is 16.5. The molecule has 4 aromatic heterocycles. The fourth-order valence-corrected chi connectivity index (χ4v) is 4.50. The molecular weight excluding hydrogens is 422 g/mol. The van der Waals surface area contributed by atoms with Crippen molar-refractivity contribution in [2.45, 2.75) is 44.9 Å². The highest BCUT2D eigenvalue weighted by molar-refractivity contribution is 6.02. The lowest BCUT2D eigenvalue weighted by Gasteiger charge is -2.32. The van der Waals surface area contributed by atoms with Crippen LogP contribution in [0.3, 0.4) is 0 Å². The fraction of sp³-hybridized carbons (Fsp3) is 0.391. The van der Waals surface area contributed by atoms with Crippen LogP contribution in [0, 0.1) is 0 Å². The van der Waals surface area contributed by atoms with Gasteiger partial charge in [0.2, 0.25) is 0 Å². The highest BCUT2D eigenvalue weighted by Crippen LogP contribution is 2.41. The number of aromatic nitrogens is 5. The Labute approximate surface area is 189 Å². The van der Waals surface area contributed by atoms with Gasteiger partial charge in [-0.3, -0.25) is 4.79 Å². The van der Waals surface area contributed by atoms with E-state index >= 15 is 0 Å². The number of amides is 1. The van der Waals surface area contributed by atoms with Gasteiger partial charge in [0.1, 0.15) is 23.5 Å². The van der Waals surface area contributed by atoms with E-state index in [1.807, 2.05) is 18.3 Å². The molecule has 1 aliphatic carbocycles. The van der Waals surface area contributed by atoms with Crippen LogP contribution in [0.5, 0.6) is 5.75 Å². The molecule has 0 radical (unpaired) electrons. The molecular formula is C23H25N7O3. The van der Waals surface area contributed by atoms with Gasteiger partial charge in [-0.1, -0.05) is 0 Å². The molecule has 1 amide bonds. The van der Waals surface area contributed by atoms with E-state index in [0.29, 0.717) is 48.0 Å².